The number of methoxy groups -OCH3 is 1. The van der Waals surface area contributed by atoms with E-state index in [4.69, 9.17) is 9.47 Å². The van der Waals surface area contributed by atoms with Gasteiger partial charge in [-0.3, -0.25) is 9.59 Å². The second kappa shape index (κ2) is 12.3. The second-order valence-electron chi connectivity index (χ2n) is 8.71. The Morgan fingerprint density at radius 2 is 1.70 bits per heavy atom. The van der Waals surface area contributed by atoms with Gasteiger partial charge in [0.1, 0.15) is 6.04 Å². The Hall–Kier alpha value is -3.02. The van der Waals surface area contributed by atoms with Gasteiger partial charge in [0.25, 0.3) is 5.91 Å². The molecule has 0 heterocycles. The van der Waals surface area contributed by atoms with Crippen molar-refractivity contribution in [3.05, 3.63) is 59.7 Å². The molecule has 1 saturated carbocycles. The monoisotopic (exact) mass is 452 g/mol. The van der Waals surface area contributed by atoms with Crippen molar-refractivity contribution in [3.63, 3.8) is 0 Å². The average Bonchev–Trinajstić information content (AvgIpc) is 2.84. The molecule has 33 heavy (non-hydrogen) atoms. The van der Waals surface area contributed by atoms with Crippen molar-refractivity contribution < 1.29 is 19.1 Å². The van der Waals surface area contributed by atoms with Gasteiger partial charge in [0.15, 0.2) is 18.1 Å². The van der Waals surface area contributed by atoms with Crippen LogP contribution >= 0.6 is 0 Å². The highest BCUT2D eigenvalue weighted by atomic mass is 16.5. The summed E-state index contributed by atoms with van der Waals surface area (Å²) in [6.45, 7) is 4.16. The van der Waals surface area contributed by atoms with Crippen LogP contribution in [-0.4, -0.2) is 42.5 Å². The van der Waals surface area contributed by atoms with E-state index in [0.717, 1.165) is 36.8 Å². The number of amides is 2. The van der Waals surface area contributed by atoms with Gasteiger partial charge in [-0.15, -0.1) is 0 Å². The number of nitrogens with one attached hydrogen (secondary N) is 1. The molecule has 2 amide bonds. The summed E-state index contributed by atoms with van der Waals surface area (Å²) in [6.07, 6.45) is 6.05. The summed E-state index contributed by atoms with van der Waals surface area (Å²) >= 11 is 0. The quantitative estimate of drug-likeness (QED) is 0.570. The highest BCUT2D eigenvalue weighted by Gasteiger charge is 2.30. The molecule has 1 fully saturated rings. The zero-order valence-electron chi connectivity index (χ0n) is 20.0. The van der Waals surface area contributed by atoms with Gasteiger partial charge in [-0.2, -0.15) is 0 Å². The molecule has 0 aliphatic heterocycles. The SMILES string of the molecule is CC[C@@H](C(=O)NC1CCCCC1)N(Cc1ccc(C)cc1)C(=O)COc1ccccc1OC. The molecule has 0 spiro atoms. The van der Waals surface area contributed by atoms with Gasteiger partial charge >= 0.3 is 0 Å². The Labute approximate surface area is 197 Å². The van der Waals surface area contributed by atoms with Crippen LogP contribution in [-0.2, 0) is 16.1 Å². The lowest BCUT2D eigenvalue weighted by molar-refractivity contribution is -0.143. The van der Waals surface area contributed by atoms with E-state index in [1.54, 1.807) is 24.1 Å². The highest BCUT2D eigenvalue weighted by Crippen LogP contribution is 2.26. The van der Waals surface area contributed by atoms with E-state index in [2.05, 4.69) is 5.32 Å². The first-order valence-electron chi connectivity index (χ1n) is 11.9. The molecule has 1 atom stereocenters. The van der Waals surface area contributed by atoms with Gasteiger partial charge in [-0.05, 0) is 43.9 Å². The minimum atomic E-state index is -0.554. The highest BCUT2D eigenvalue weighted by molar-refractivity contribution is 5.88. The second-order valence-corrected chi connectivity index (χ2v) is 8.71. The Kier molecular flexibility index (Phi) is 9.16. The molecule has 6 heteroatoms. The third-order valence-electron chi connectivity index (χ3n) is 6.23. The van der Waals surface area contributed by atoms with Gasteiger partial charge in [0, 0.05) is 12.6 Å². The first-order chi connectivity index (χ1) is 16.0. The van der Waals surface area contributed by atoms with Crippen LogP contribution in [0.5, 0.6) is 11.5 Å². The van der Waals surface area contributed by atoms with Crippen LogP contribution in [0.15, 0.2) is 48.5 Å². The molecule has 3 rings (SSSR count). The normalized spacial score (nSPS) is 14.9. The van der Waals surface area contributed by atoms with Crippen LogP contribution in [0.2, 0.25) is 0 Å². The number of hydrogen-bond donors (Lipinski definition) is 1. The number of ether oxygens (including phenoxy) is 2. The Morgan fingerprint density at radius 1 is 1.03 bits per heavy atom. The fraction of sp³-hybridized carbons (Fsp3) is 0.481. The minimum Gasteiger partial charge on any atom is -0.493 e. The summed E-state index contributed by atoms with van der Waals surface area (Å²) in [7, 11) is 1.57. The van der Waals surface area contributed by atoms with Crippen molar-refractivity contribution in [1.82, 2.24) is 10.2 Å². The molecular weight excluding hydrogens is 416 g/mol. The van der Waals surface area contributed by atoms with Crippen molar-refractivity contribution in [2.24, 2.45) is 0 Å². The van der Waals surface area contributed by atoms with Crippen LogP contribution in [0.25, 0.3) is 0 Å². The van der Waals surface area contributed by atoms with Crippen molar-refractivity contribution in [2.75, 3.05) is 13.7 Å². The van der Waals surface area contributed by atoms with Crippen LogP contribution in [0.1, 0.15) is 56.6 Å². The minimum absolute atomic E-state index is 0.0813. The largest absolute Gasteiger partial charge is 0.493 e. The molecular formula is C27H36N2O4. The molecule has 0 aromatic heterocycles. The molecule has 0 saturated heterocycles. The number of carbonyl (C=O) groups excluding carboxylic acids is 2. The van der Waals surface area contributed by atoms with Crippen LogP contribution in [0.4, 0.5) is 0 Å². The third-order valence-corrected chi connectivity index (χ3v) is 6.23. The lowest BCUT2D eigenvalue weighted by atomic mass is 9.95. The fourth-order valence-corrected chi connectivity index (χ4v) is 4.31. The summed E-state index contributed by atoms with van der Waals surface area (Å²) in [4.78, 5) is 28.3. The number of para-hydroxylation sites is 2. The van der Waals surface area contributed by atoms with E-state index in [1.807, 2.05) is 50.2 Å². The van der Waals surface area contributed by atoms with E-state index >= 15 is 0 Å². The van der Waals surface area contributed by atoms with Gasteiger partial charge in [0.05, 0.1) is 7.11 Å². The summed E-state index contributed by atoms with van der Waals surface area (Å²) < 4.78 is 11.1. The number of nitrogens with zero attached hydrogens (tertiary/aromatic N) is 1. The van der Waals surface area contributed by atoms with Crippen LogP contribution in [0.3, 0.4) is 0 Å². The first-order valence-corrected chi connectivity index (χ1v) is 11.9. The smallest absolute Gasteiger partial charge is 0.261 e. The van der Waals surface area contributed by atoms with Crippen LogP contribution < -0.4 is 14.8 Å². The Bertz CT molecular complexity index is 907. The zero-order valence-corrected chi connectivity index (χ0v) is 20.0. The summed E-state index contributed by atoms with van der Waals surface area (Å²) in [5, 5.41) is 3.20. The van der Waals surface area contributed by atoms with Crippen LogP contribution in [0, 0.1) is 6.92 Å². The first kappa shape index (κ1) is 24.6. The molecule has 0 unspecified atom stereocenters. The van der Waals surface area contributed by atoms with E-state index in [-0.39, 0.29) is 24.5 Å². The maximum absolute atomic E-state index is 13.4. The molecule has 6 nitrogen and oxygen atoms in total. The predicted octanol–water partition coefficient (Wildman–Crippen LogP) is 4.64. The number of aryl methyl sites for hydroxylation is 1. The molecule has 178 valence electrons. The van der Waals surface area contributed by atoms with E-state index in [1.165, 1.54) is 6.42 Å². The maximum atomic E-state index is 13.4. The number of rotatable bonds is 10. The van der Waals surface area contributed by atoms with Gasteiger partial charge < -0.3 is 19.7 Å². The maximum Gasteiger partial charge on any atom is 0.261 e. The van der Waals surface area contributed by atoms with E-state index < -0.39 is 6.04 Å². The number of carbonyl (C=O) groups is 2. The van der Waals surface area contributed by atoms with Crippen molar-refractivity contribution >= 4 is 11.8 Å². The molecule has 1 N–H and O–H groups in total. The van der Waals surface area contributed by atoms with Gasteiger partial charge in [0.2, 0.25) is 5.91 Å². The molecule has 1 aliphatic carbocycles. The van der Waals surface area contributed by atoms with Gasteiger partial charge in [-0.25, -0.2) is 0 Å². The van der Waals surface area contributed by atoms with Gasteiger partial charge in [-0.1, -0.05) is 68.1 Å². The zero-order chi connectivity index (χ0) is 23.6. The summed E-state index contributed by atoms with van der Waals surface area (Å²) in [5.41, 5.74) is 2.13. The molecule has 2 aromatic rings. The standard InChI is InChI=1S/C27H36N2O4/c1-4-23(27(31)28-22-10-6-5-7-11-22)29(18-21-16-14-20(2)15-17-21)26(30)19-33-25-13-9-8-12-24(25)32-3/h8-9,12-17,22-23H,4-7,10-11,18-19H2,1-3H3,(H,28,31)/t23-/m0/s1. The van der Waals surface area contributed by atoms with Crippen molar-refractivity contribution in [1.29, 1.82) is 0 Å². The predicted molar refractivity (Wildman–Crippen MR) is 129 cm³/mol. The van der Waals surface area contributed by atoms with E-state index in [0.29, 0.717) is 24.5 Å². The van der Waals surface area contributed by atoms with Crippen molar-refractivity contribution in [2.45, 2.75) is 71.0 Å². The molecule has 0 bridgehead atoms. The Morgan fingerprint density at radius 3 is 2.33 bits per heavy atom. The molecule has 2 aromatic carbocycles. The van der Waals surface area contributed by atoms with Crippen molar-refractivity contribution in [3.8, 4) is 11.5 Å². The number of hydrogen-bond acceptors (Lipinski definition) is 4. The third kappa shape index (κ3) is 6.98. The number of benzene rings is 2. The summed E-state index contributed by atoms with van der Waals surface area (Å²) in [5.74, 6) is 0.759. The average molecular weight is 453 g/mol. The topological polar surface area (TPSA) is 67.9 Å². The fourth-order valence-electron chi connectivity index (χ4n) is 4.31. The van der Waals surface area contributed by atoms with E-state index in [9.17, 15) is 9.59 Å². The lowest BCUT2D eigenvalue weighted by Gasteiger charge is -2.32. The molecule has 1 aliphatic rings. The Balaban J connectivity index is 1.76. The molecule has 0 radical (unpaired) electrons. The lowest BCUT2D eigenvalue weighted by Crippen LogP contribution is -2.52. The summed E-state index contributed by atoms with van der Waals surface area (Å²) in [6, 6.07) is 14.9.